The quantitative estimate of drug-likeness (QED) is 0.899. The number of anilines is 1. The maximum absolute atomic E-state index is 5.43. The fraction of sp³-hybridized carbons (Fsp3) is 0.400. The average molecular weight is 258 g/mol. The predicted octanol–water partition coefficient (Wildman–Crippen LogP) is 3.00. The molecular formula is C15H18N2O2. The van der Waals surface area contributed by atoms with E-state index in [9.17, 15) is 0 Å². The third kappa shape index (κ3) is 2.07. The summed E-state index contributed by atoms with van der Waals surface area (Å²) in [6, 6.07) is 6.01. The first-order valence-corrected chi connectivity index (χ1v) is 6.62. The molecule has 1 aromatic heterocycles. The molecule has 19 heavy (non-hydrogen) atoms. The standard InChI is InChI=1S/C15H18N2O2/c1-18-12-6-7-13(19-2)14-11(12)9-10-5-3-4-8-16-15(10)17-14/h6-7,9H,3-5,8H2,1-2H3,(H,16,17). The molecule has 1 aliphatic rings. The Hall–Kier alpha value is -1.97. The van der Waals surface area contributed by atoms with E-state index >= 15 is 0 Å². The third-order valence-electron chi connectivity index (χ3n) is 3.59. The molecule has 0 saturated carbocycles. The highest BCUT2D eigenvalue weighted by Gasteiger charge is 2.15. The van der Waals surface area contributed by atoms with Gasteiger partial charge >= 0.3 is 0 Å². The normalized spacial score (nSPS) is 14.4. The van der Waals surface area contributed by atoms with Gasteiger partial charge in [0.25, 0.3) is 0 Å². The molecule has 3 rings (SSSR count). The third-order valence-corrected chi connectivity index (χ3v) is 3.59. The monoisotopic (exact) mass is 258 g/mol. The molecule has 1 N–H and O–H groups in total. The largest absolute Gasteiger partial charge is 0.496 e. The van der Waals surface area contributed by atoms with E-state index in [2.05, 4.69) is 11.4 Å². The maximum Gasteiger partial charge on any atom is 0.145 e. The summed E-state index contributed by atoms with van der Waals surface area (Å²) >= 11 is 0. The zero-order valence-electron chi connectivity index (χ0n) is 11.3. The molecule has 0 unspecified atom stereocenters. The van der Waals surface area contributed by atoms with Gasteiger partial charge in [0.15, 0.2) is 0 Å². The molecule has 0 fully saturated rings. The molecule has 2 aromatic rings. The number of hydrogen-bond acceptors (Lipinski definition) is 4. The molecule has 0 bridgehead atoms. The van der Waals surface area contributed by atoms with E-state index in [1.165, 1.54) is 18.4 Å². The number of nitrogens with one attached hydrogen (secondary N) is 1. The second-order valence-electron chi connectivity index (χ2n) is 4.75. The highest BCUT2D eigenvalue weighted by Crippen LogP contribution is 2.35. The van der Waals surface area contributed by atoms with E-state index in [4.69, 9.17) is 14.5 Å². The SMILES string of the molecule is COc1ccc(OC)c2nc3c(cc12)CCCCN3. The zero-order chi connectivity index (χ0) is 13.2. The smallest absolute Gasteiger partial charge is 0.145 e. The minimum atomic E-state index is 0.782. The lowest BCUT2D eigenvalue weighted by Gasteiger charge is -2.13. The summed E-state index contributed by atoms with van der Waals surface area (Å²) in [4.78, 5) is 4.74. The first kappa shape index (κ1) is 12.1. The minimum absolute atomic E-state index is 0.782. The second-order valence-corrected chi connectivity index (χ2v) is 4.75. The number of methoxy groups -OCH3 is 2. The van der Waals surface area contributed by atoms with Gasteiger partial charge in [-0.2, -0.15) is 0 Å². The van der Waals surface area contributed by atoms with Crippen molar-refractivity contribution in [3.63, 3.8) is 0 Å². The van der Waals surface area contributed by atoms with Gasteiger partial charge < -0.3 is 14.8 Å². The van der Waals surface area contributed by atoms with Crippen LogP contribution in [0, 0.1) is 0 Å². The molecule has 0 aliphatic carbocycles. The summed E-state index contributed by atoms with van der Waals surface area (Å²) in [5, 5.41) is 4.42. The van der Waals surface area contributed by atoms with E-state index in [1.807, 2.05) is 12.1 Å². The van der Waals surface area contributed by atoms with Crippen molar-refractivity contribution in [2.45, 2.75) is 19.3 Å². The summed E-state index contributed by atoms with van der Waals surface area (Å²) in [6.07, 6.45) is 3.44. The van der Waals surface area contributed by atoms with E-state index in [-0.39, 0.29) is 0 Å². The number of rotatable bonds is 2. The van der Waals surface area contributed by atoms with E-state index < -0.39 is 0 Å². The molecule has 0 amide bonds. The maximum atomic E-state index is 5.43. The Bertz CT molecular complexity index is 558. The number of benzene rings is 1. The summed E-state index contributed by atoms with van der Waals surface area (Å²) in [5.74, 6) is 2.61. The van der Waals surface area contributed by atoms with Gasteiger partial charge in [0, 0.05) is 11.9 Å². The molecule has 0 spiro atoms. The van der Waals surface area contributed by atoms with Gasteiger partial charge in [-0.25, -0.2) is 4.98 Å². The van der Waals surface area contributed by atoms with Crippen LogP contribution in [-0.2, 0) is 6.42 Å². The molecule has 1 aromatic carbocycles. The summed E-state index contributed by atoms with van der Waals surface area (Å²) in [5.41, 5.74) is 2.12. The molecule has 0 saturated heterocycles. The van der Waals surface area contributed by atoms with Crippen LogP contribution in [0.15, 0.2) is 18.2 Å². The van der Waals surface area contributed by atoms with Gasteiger partial charge in [-0.05, 0) is 43.0 Å². The molecule has 100 valence electrons. The van der Waals surface area contributed by atoms with Gasteiger partial charge in [-0.1, -0.05) is 0 Å². The van der Waals surface area contributed by atoms with Crippen molar-refractivity contribution in [1.29, 1.82) is 0 Å². The molecule has 0 atom stereocenters. The molecule has 2 heterocycles. The number of aryl methyl sites for hydroxylation is 1. The van der Waals surface area contributed by atoms with Crippen molar-refractivity contribution in [3.8, 4) is 11.5 Å². The highest BCUT2D eigenvalue weighted by atomic mass is 16.5. The van der Waals surface area contributed by atoms with Gasteiger partial charge in [-0.15, -0.1) is 0 Å². The summed E-state index contributed by atoms with van der Waals surface area (Å²) < 4.78 is 10.8. The van der Waals surface area contributed by atoms with Crippen molar-refractivity contribution in [1.82, 2.24) is 4.98 Å². The van der Waals surface area contributed by atoms with Crippen molar-refractivity contribution in [2.24, 2.45) is 0 Å². The lowest BCUT2D eigenvalue weighted by molar-refractivity contribution is 0.410. The molecule has 1 aliphatic heterocycles. The Balaban J connectivity index is 2.26. The first-order valence-electron chi connectivity index (χ1n) is 6.62. The lowest BCUT2D eigenvalue weighted by atomic mass is 10.1. The molecule has 4 nitrogen and oxygen atoms in total. The van der Waals surface area contributed by atoms with Crippen molar-refractivity contribution in [3.05, 3.63) is 23.8 Å². The van der Waals surface area contributed by atoms with Crippen LogP contribution in [0.5, 0.6) is 11.5 Å². The molecular weight excluding hydrogens is 240 g/mol. The fourth-order valence-corrected chi connectivity index (χ4v) is 2.58. The number of aromatic nitrogens is 1. The summed E-state index contributed by atoms with van der Waals surface area (Å²) in [6.45, 7) is 0.984. The minimum Gasteiger partial charge on any atom is -0.496 e. The average Bonchev–Trinajstić information content (AvgIpc) is 2.68. The van der Waals surface area contributed by atoms with Crippen molar-refractivity contribution < 1.29 is 9.47 Å². The summed E-state index contributed by atoms with van der Waals surface area (Å²) in [7, 11) is 3.35. The van der Waals surface area contributed by atoms with Crippen LogP contribution in [0.3, 0.4) is 0 Å². The number of nitrogens with zero attached hydrogens (tertiary/aromatic N) is 1. The number of pyridine rings is 1. The second kappa shape index (κ2) is 4.96. The first-order chi connectivity index (χ1) is 9.33. The molecule has 0 radical (unpaired) electrons. The Labute approximate surface area is 112 Å². The van der Waals surface area contributed by atoms with Gasteiger partial charge in [0.2, 0.25) is 0 Å². The van der Waals surface area contributed by atoms with Crippen molar-refractivity contribution >= 4 is 16.7 Å². The Morgan fingerprint density at radius 1 is 1.11 bits per heavy atom. The number of ether oxygens (including phenoxy) is 2. The Kier molecular flexibility index (Phi) is 3.15. The van der Waals surface area contributed by atoms with Crippen molar-refractivity contribution in [2.75, 3.05) is 26.1 Å². The predicted molar refractivity (Wildman–Crippen MR) is 76.3 cm³/mol. The van der Waals surface area contributed by atoms with Crippen LogP contribution in [0.2, 0.25) is 0 Å². The highest BCUT2D eigenvalue weighted by molar-refractivity contribution is 5.92. The zero-order valence-corrected chi connectivity index (χ0v) is 11.3. The topological polar surface area (TPSA) is 43.4 Å². The van der Waals surface area contributed by atoms with Gasteiger partial charge in [0.05, 0.1) is 14.2 Å². The van der Waals surface area contributed by atoms with Crippen LogP contribution in [0.4, 0.5) is 5.82 Å². The fourth-order valence-electron chi connectivity index (χ4n) is 2.58. The van der Waals surface area contributed by atoms with E-state index in [0.29, 0.717) is 0 Å². The number of fused-ring (bicyclic) bond motifs is 2. The van der Waals surface area contributed by atoms with Crippen LogP contribution >= 0.6 is 0 Å². The van der Waals surface area contributed by atoms with Crippen LogP contribution in [0.1, 0.15) is 18.4 Å². The number of hydrogen-bond donors (Lipinski definition) is 1. The van der Waals surface area contributed by atoms with Crippen LogP contribution in [-0.4, -0.2) is 25.7 Å². The van der Waals surface area contributed by atoms with Crippen LogP contribution in [0.25, 0.3) is 10.9 Å². The molecule has 4 heteroatoms. The lowest BCUT2D eigenvalue weighted by Crippen LogP contribution is -2.03. The van der Waals surface area contributed by atoms with E-state index in [1.54, 1.807) is 14.2 Å². The van der Waals surface area contributed by atoms with E-state index in [0.717, 1.165) is 41.2 Å². The van der Waals surface area contributed by atoms with Crippen LogP contribution < -0.4 is 14.8 Å². The Morgan fingerprint density at radius 2 is 1.89 bits per heavy atom. The Morgan fingerprint density at radius 3 is 2.68 bits per heavy atom. The van der Waals surface area contributed by atoms with Gasteiger partial charge in [-0.3, -0.25) is 0 Å². The van der Waals surface area contributed by atoms with Gasteiger partial charge in [0.1, 0.15) is 22.8 Å².